The van der Waals surface area contributed by atoms with Crippen molar-refractivity contribution in [2.75, 3.05) is 13.7 Å². The van der Waals surface area contributed by atoms with E-state index in [-0.39, 0.29) is 24.4 Å². The number of rotatable bonds is 4. The molecule has 1 heterocycles. The highest BCUT2D eigenvalue weighted by atomic mass is 35.5. The molecule has 1 aromatic rings. The third-order valence-electron chi connectivity index (χ3n) is 1.77. The minimum Gasteiger partial charge on any atom is -0.496 e. The van der Waals surface area contributed by atoms with Crippen LogP contribution in [0.1, 0.15) is 16.6 Å². The van der Waals surface area contributed by atoms with Crippen LogP contribution in [0.3, 0.4) is 0 Å². The molecule has 0 aliphatic carbocycles. The number of hydrogen-bond acceptors (Lipinski definition) is 4. The molecule has 4 nitrogen and oxygen atoms in total. The van der Waals surface area contributed by atoms with E-state index >= 15 is 0 Å². The Labute approximate surface area is 99.2 Å². The molecular weight excluding hydrogens is 236 g/mol. The molecule has 0 aliphatic heterocycles. The van der Waals surface area contributed by atoms with Crippen molar-refractivity contribution in [1.29, 1.82) is 0 Å². The Balaban J connectivity index is 0.00000196. The quantitative estimate of drug-likeness (QED) is 0.846. The zero-order valence-corrected chi connectivity index (χ0v) is 10.3. The van der Waals surface area contributed by atoms with Crippen molar-refractivity contribution in [2.45, 2.75) is 13.0 Å². The summed E-state index contributed by atoms with van der Waals surface area (Å²) in [5.74, 6) is 0.608. The number of amides is 1. The van der Waals surface area contributed by atoms with E-state index < -0.39 is 0 Å². The average molecular weight is 251 g/mol. The summed E-state index contributed by atoms with van der Waals surface area (Å²) in [5, 5.41) is 4.57. The van der Waals surface area contributed by atoms with Crippen molar-refractivity contribution in [3.8, 4) is 5.75 Å². The number of halogens is 1. The molecule has 15 heavy (non-hydrogen) atoms. The predicted molar refractivity (Wildman–Crippen MR) is 64.1 cm³/mol. The molecule has 0 unspecified atom stereocenters. The summed E-state index contributed by atoms with van der Waals surface area (Å²) in [6, 6.07) is 1.71. The predicted octanol–water partition coefficient (Wildman–Crippen LogP) is 1.26. The standard InChI is InChI=1S/C9H14N2O2S.ClH/c1-6(4-10)11-9(12)8-3-7(13-2)5-14-8;/h3,5-6H,4,10H2,1-2H3,(H,11,12);1H/t6-;/m0./s1. The van der Waals surface area contributed by atoms with Gasteiger partial charge in [-0.2, -0.15) is 0 Å². The number of carbonyl (C=O) groups excluding carboxylic acids is 1. The molecule has 0 saturated carbocycles. The Hall–Kier alpha value is -0.780. The maximum absolute atomic E-state index is 11.5. The number of thiophene rings is 1. The van der Waals surface area contributed by atoms with Crippen molar-refractivity contribution in [3.63, 3.8) is 0 Å². The second-order valence-electron chi connectivity index (χ2n) is 2.96. The summed E-state index contributed by atoms with van der Waals surface area (Å²) < 4.78 is 4.98. The van der Waals surface area contributed by atoms with Crippen molar-refractivity contribution in [1.82, 2.24) is 5.32 Å². The highest BCUT2D eigenvalue weighted by Gasteiger charge is 2.11. The summed E-state index contributed by atoms with van der Waals surface area (Å²) in [6.45, 7) is 2.30. The minimum absolute atomic E-state index is 0. The van der Waals surface area contributed by atoms with Gasteiger partial charge in [0.1, 0.15) is 5.75 Å². The molecule has 0 spiro atoms. The number of nitrogens with one attached hydrogen (secondary N) is 1. The monoisotopic (exact) mass is 250 g/mol. The molecule has 6 heteroatoms. The van der Waals surface area contributed by atoms with Crippen LogP contribution in [0, 0.1) is 0 Å². The van der Waals surface area contributed by atoms with Crippen LogP contribution in [0.25, 0.3) is 0 Å². The summed E-state index contributed by atoms with van der Waals surface area (Å²) in [6.07, 6.45) is 0. The second kappa shape index (κ2) is 6.66. The Bertz CT molecular complexity index is 317. The first-order valence-corrected chi connectivity index (χ1v) is 5.18. The second-order valence-corrected chi connectivity index (χ2v) is 3.87. The van der Waals surface area contributed by atoms with Gasteiger partial charge >= 0.3 is 0 Å². The van der Waals surface area contributed by atoms with Crippen LogP contribution < -0.4 is 15.8 Å². The molecule has 1 rings (SSSR count). The number of nitrogens with two attached hydrogens (primary N) is 1. The number of hydrogen-bond donors (Lipinski definition) is 2. The van der Waals surface area contributed by atoms with Crippen molar-refractivity contribution >= 4 is 29.7 Å². The highest BCUT2D eigenvalue weighted by Crippen LogP contribution is 2.20. The van der Waals surface area contributed by atoms with Crippen molar-refractivity contribution < 1.29 is 9.53 Å². The SMILES string of the molecule is COc1csc(C(=O)N[C@@H](C)CN)c1.Cl. The smallest absolute Gasteiger partial charge is 0.261 e. The molecule has 0 bridgehead atoms. The van der Waals surface area contributed by atoms with Gasteiger partial charge in [-0.05, 0) is 6.92 Å². The molecule has 0 saturated heterocycles. The third-order valence-corrected chi connectivity index (χ3v) is 2.67. The third kappa shape index (κ3) is 4.07. The lowest BCUT2D eigenvalue weighted by molar-refractivity contribution is 0.0945. The van der Waals surface area contributed by atoms with Gasteiger partial charge in [-0.15, -0.1) is 23.7 Å². The maximum atomic E-state index is 11.5. The van der Waals surface area contributed by atoms with Crippen LogP contribution in [0.15, 0.2) is 11.4 Å². The Morgan fingerprint density at radius 3 is 2.87 bits per heavy atom. The van der Waals surface area contributed by atoms with Crippen LogP contribution in [-0.2, 0) is 0 Å². The van der Waals surface area contributed by atoms with Gasteiger partial charge in [-0.25, -0.2) is 0 Å². The van der Waals surface area contributed by atoms with Crippen molar-refractivity contribution in [3.05, 3.63) is 16.3 Å². The fourth-order valence-electron chi connectivity index (χ4n) is 0.899. The molecule has 1 amide bonds. The first-order chi connectivity index (χ1) is 6.67. The van der Waals surface area contributed by atoms with Crippen LogP contribution in [0.4, 0.5) is 0 Å². The normalized spacial score (nSPS) is 11.4. The van der Waals surface area contributed by atoms with Gasteiger partial charge < -0.3 is 15.8 Å². The Morgan fingerprint density at radius 2 is 2.40 bits per heavy atom. The van der Waals surface area contributed by atoms with Crippen LogP contribution in [-0.4, -0.2) is 25.6 Å². The molecule has 86 valence electrons. The molecule has 1 atom stereocenters. The summed E-state index contributed by atoms with van der Waals surface area (Å²) >= 11 is 1.36. The lowest BCUT2D eigenvalue weighted by atomic mass is 10.3. The lowest BCUT2D eigenvalue weighted by Gasteiger charge is -2.09. The molecule has 0 aromatic carbocycles. The number of carbonyl (C=O) groups is 1. The number of ether oxygens (including phenoxy) is 1. The summed E-state index contributed by atoms with van der Waals surface area (Å²) in [4.78, 5) is 12.2. The van der Waals surface area contributed by atoms with Gasteiger partial charge in [-0.1, -0.05) is 0 Å². The Kier molecular flexibility index (Phi) is 6.31. The van der Waals surface area contributed by atoms with E-state index in [1.807, 2.05) is 6.92 Å². The molecule has 0 aliphatic rings. The van der Waals surface area contributed by atoms with Gasteiger partial charge in [0, 0.05) is 24.0 Å². The van der Waals surface area contributed by atoms with E-state index in [0.717, 1.165) is 0 Å². The van der Waals surface area contributed by atoms with Crippen LogP contribution >= 0.6 is 23.7 Å². The van der Waals surface area contributed by atoms with Gasteiger partial charge in [0.2, 0.25) is 0 Å². The van der Waals surface area contributed by atoms with Gasteiger partial charge in [0.05, 0.1) is 12.0 Å². The summed E-state index contributed by atoms with van der Waals surface area (Å²) in [5.41, 5.74) is 5.39. The Morgan fingerprint density at radius 1 is 1.73 bits per heavy atom. The van der Waals surface area contributed by atoms with Gasteiger partial charge in [0.25, 0.3) is 5.91 Å². The zero-order valence-electron chi connectivity index (χ0n) is 8.65. The van der Waals surface area contributed by atoms with Crippen LogP contribution in [0.2, 0.25) is 0 Å². The fraction of sp³-hybridized carbons (Fsp3) is 0.444. The fourth-order valence-corrected chi connectivity index (χ4v) is 1.66. The zero-order chi connectivity index (χ0) is 10.6. The minimum atomic E-state index is -0.101. The molecule has 0 fully saturated rings. The summed E-state index contributed by atoms with van der Waals surface area (Å²) in [7, 11) is 1.58. The van der Waals surface area contributed by atoms with E-state index in [4.69, 9.17) is 10.5 Å². The van der Waals surface area contributed by atoms with Crippen LogP contribution in [0.5, 0.6) is 5.75 Å². The number of methoxy groups -OCH3 is 1. The molecule has 3 N–H and O–H groups in total. The molecule has 1 aromatic heterocycles. The largest absolute Gasteiger partial charge is 0.496 e. The molecular formula is C9H15ClN2O2S. The van der Waals surface area contributed by atoms with E-state index in [0.29, 0.717) is 17.2 Å². The highest BCUT2D eigenvalue weighted by molar-refractivity contribution is 7.12. The average Bonchev–Trinajstić information content (AvgIpc) is 2.65. The van der Waals surface area contributed by atoms with E-state index in [1.165, 1.54) is 11.3 Å². The van der Waals surface area contributed by atoms with Crippen molar-refractivity contribution in [2.24, 2.45) is 5.73 Å². The first kappa shape index (κ1) is 14.2. The molecule has 0 radical (unpaired) electrons. The van der Waals surface area contributed by atoms with E-state index in [2.05, 4.69) is 5.32 Å². The van der Waals surface area contributed by atoms with E-state index in [1.54, 1.807) is 18.6 Å². The maximum Gasteiger partial charge on any atom is 0.261 e. The first-order valence-electron chi connectivity index (χ1n) is 4.30. The van der Waals surface area contributed by atoms with Gasteiger partial charge in [0.15, 0.2) is 0 Å². The van der Waals surface area contributed by atoms with Gasteiger partial charge in [-0.3, -0.25) is 4.79 Å². The van der Waals surface area contributed by atoms with E-state index in [9.17, 15) is 4.79 Å². The lowest BCUT2D eigenvalue weighted by Crippen LogP contribution is -2.37. The topological polar surface area (TPSA) is 64.3 Å².